The second-order valence-corrected chi connectivity index (χ2v) is 7.29. The molecule has 0 saturated carbocycles. The van der Waals surface area contributed by atoms with Crippen molar-refractivity contribution in [3.8, 4) is 11.5 Å². The number of methoxy groups -OCH3 is 2. The number of ether oxygens (including phenoxy) is 2. The first-order valence-electron chi connectivity index (χ1n) is 10.0. The Morgan fingerprint density at radius 1 is 1.13 bits per heavy atom. The van der Waals surface area contributed by atoms with E-state index in [2.05, 4.69) is 20.2 Å². The van der Waals surface area contributed by atoms with E-state index < -0.39 is 0 Å². The van der Waals surface area contributed by atoms with E-state index in [1.807, 2.05) is 31.1 Å². The van der Waals surface area contributed by atoms with E-state index in [4.69, 9.17) is 9.47 Å². The molecular formula is C22H29N5O3. The molecule has 0 unspecified atom stereocenters. The third-order valence-electron chi connectivity index (χ3n) is 4.91. The third kappa shape index (κ3) is 5.20. The summed E-state index contributed by atoms with van der Waals surface area (Å²) < 4.78 is 10.5. The van der Waals surface area contributed by atoms with Crippen molar-refractivity contribution in [3.05, 3.63) is 36.0 Å². The molecule has 0 bridgehead atoms. The van der Waals surface area contributed by atoms with Gasteiger partial charge in [0.25, 0.3) is 0 Å². The third-order valence-corrected chi connectivity index (χ3v) is 4.91. The van der Waals surface area contributed by atoms with Crippen LogP contribution in [0.25, 0.3) is 6.08 Å². The fourth-order valence-corrected chi connectivity index (χ4v) is 3.34. The summed E-state index contributed by atoms with van der Waals surface area (Å²) in [6.07, 6.45) is 8.42. The first kappa shape index (κ1) is 21.4. The molecule has 8 heteroatoms. The van der Waals surface area contributed by atoms with Crippen molar-refractivity contribution in [1.82, 2.24) is 9.97 Å². The van der Waals surface area contributed by atoms with E-state index in [-0.39, 0.29) is 5.91 Å². The molecular weight excluding hydrogens is 382 g/mol. The maximum atomic E-state index is 12.5. The molecule has 1 amide bonds. The zero-order chi connectivity index (χ0) is 21.5. The van der Waals surface area contributed by atoms with E-state index in [1.54, 1.807) is 32.6 Å². The van der Waals surface area contributed by atoms with Crippen LogP contribution in [0.5, 0.6) is 11.5 Å². The number of aromatic nitrogens is 2. The molecule has 1 aromatic carbocycles. The summed E-state index contributed by atoms with van der Waals surface area (Å²) >= 11 is 0. The average Bonchev–Trinajstić information content (AvgIpc) is 2.78. The minimum atomic E-state index is -0.262. The zero-order valence-corrected chi connectivity index (χ0v) is 18.0. The van der Waals surface area contributed by atoms with E-state index in [0.29, 0.717) is 29.0 Å². The van der Waals surface area contributed by atoms with Crippen molar-refractivity contribution in [2.24, 2.45) is 0 Å². The predicted octanol–water partition coefficient (Wildman–Crippen LogP) is 3.20. The van der Waals surface area contributed by atoms with Crippen LogP contribution in [0.2, 0.25) is 0 Å². The van der Waals surface area contributed by atoms with Crippen LogP contribution in [0, 0.1) is 0 Å². The Hall–Kier alpha value is -3.29. The lowest BCUT2D eigenvalue weighted by molar-refractivity contribution is -0.111. The van der Waals surface area contributed by atoms with E-state index in [1.165, 1.54) is 12.5 Å². The Labute approximate surface area is 177 Å². The largest absolute Gasteiger partial charge is 0.493 e. The fraction of sp³-hybridized carbons (Fsp3) is 0.409. The Morgan fingerprint density at radius 3 is 2.53 bits per heavy atom. The van der Waals surface area contributed by atoms with Gasteiger partial charge in [-0.1, -0.05) is 6.07 Å². The number of hydrogen-bond acceptors (Lipinski definition) is 7. The number of anilines is 3. The van der Waals surface area contributed by atoms with Gasteiger partial charge in [-0.3, -0.25) is 4.79 Å². The number of hydrogen-bond donors (Lipinski definition) is 1. The predicted molar refractivity (Wildman–Crippen MR) is 120 cm³/mol. The van der Waals surface area contributed by atoms with Crippen LogP contribution >= 0.6 is 0 Å². The first-order chi connectivity index (χ1) is 14.5. The number of piperidine rings is 1. The van der Waals surface area contributed by atoms with Gasteiger partial charge in [0, 0.05) is 33.3 Å². The molecule has 3 rings (SSSR count). The molecule has 2 aromatic rings. The Balaban J connectivity index is 1.73. The van der Waals surface area contributed by atoms with Gasteiger partial charge in [-0.15, -0.1) is 0 Å². The molecule has 30 heavy (non-hydrogen) atoms. The molecule has 2 heterocycles. The van der Waals surface area contributed by atoms with Gasteiger partial charge in [-0.25, -0.2) is 4.98 Å². The molecule has 1 aromatic heterocycles. The molecule has 0 atom stereocenters. The summed E-state index contributed by atoms with van der Waals surface area (Å²) in [7, 11) is 6.96. The van der Waals surface area contributed by atoms with Crippen LogP contribution in [-0.2, 0) is 4.79 Å². The lowest BCUT2D eigenvalue weighted by Crippen LogP contribution is -2.31. The lowest BCUT2D eigenvalue weighted by Gasteiger charge is -2.27. The van der Waals surface area contributed by atoms with Crippen LogP contribution in [-0.4, -0.2) is 57.3 Å². The fourth-order valence-electron chi connectivity index (χ4n) is 3.34. The van der Waals surface area contributed by atoms with Gasteiger partial charge >= 0.3 is 0 Å². The van der Waals surface area contributed by atoms with Gasteiger partial charge in [0.15, 0.2) is 17.3 Å². The van der Waals surface area contributed by atoms with Gasteiger partial charge in [0.2, 0.25) is 11.9 Å². The molecule has 8 nitrogen and oxygen atoms in total. The second kappa shape index (κ2) is 9.96. The lowest BCUT2D eigenvalue weighted by atomic mass is 10.1. The maximum absolute atomic E-state index is 12.5. The summed E-state index contributed by atoms with van der Waals surface area (Å²) in [6, 6.07) is 5.46. The highest BCUT2D eigenvalue weighted by molar-refractivity contribution is 6.03. The minimum absolute atomic E-state index is 0.262. The monoisotopic (exact) mass is 411 g/mol. The second-order valence-electron chi connectivity index (χ2n) is 7.29. The van der Waals surface area contributed by atoms with Gasteiger partial charge in [-0.05, 0) is 43.0 Å². The van der Waals surface area contributed by atoms with E-state index in [9.17, 15) is 4.79 Å². The van der Waals surface area contributed by atoms with Gasteiger partial charge < -0.3 is 24.6 Å². The molecule has 160 valence electrons. The number of carbonyl (C=O) groups is 1. The molecule has 1 aliphatic rings. The molecule has 1 N–H and O–H groups in total. The molecule has 1 aliphatic heterocycles. The normalized spacial score (nSPS) is 13.9. The van der Waals surface area contributed by atoms with Crippen molar-refractivity contribution < 1.29 is 14.3 Å². The molecule has 1 fully saturated rings. The van der Waals surface area contributed by atoms with Crippen molar-refractivity contribution in [2.75, 3.05) is 56.5 Å². The number of benzene rings is 1. The molecule has 0 aliphatic carbocycles. The zero-order valence-electron chi connectivity index (χ0n) is 18.0. The molecule has 1 saturated heterocycles. The SMILES string of the molecule is COc1ccc(/C=C/C(=O)Nc2cnc(N3CCCCC3)nc2N(C)C)cc1OC. The Bertz CT molecular complexity index is 908. The Morgan fingerprint density at radius 2 is 1.87 bits per heavy atom. The molecule has 0 spiro atoms. The Kier molecular flexibility index (Phi) is 7.11. The van der Waals surface area contributed by atoms with E-state index >= 15 is 0 Å². The number of nitrogens with zero attached hydrogens (tertiary/aromatic N) is 4. The quantitative estimate of drug-likeness (QED) is 0.701. The highest BCUT2D eigenvalue weighted by Gasteiger charge is 2.17. The van der Waals surface area contributed by atoms with Crippen molar-refractivity contribution >= 4 is 29.4 Å². The number of rotatable bonds is 7. The van der Waals surface area contributed by atoms with Crippen molar-refractivity contribution in [3.63, 3.8) is 0 Å². The average molecular weight is 412 g/mol. The summed E-state index contributed by atoms with van der Waals surface area (Å²) in [5.41, 5.74) is 1.40. The van der Waals surface area contributed by atoms with Gasteiger partial charge in [0.1, 0.15) is 5.69 Å². The van der Waals surface area contributed by atoms with Crippen molar-refractivity contribution in [2.45, 2.75) is 19.3 Å². The van der Waals surface area contributed by atoms with Crippen LogP contribution in [0.3, 0.4) is 0 Å². The summed E-state index contributed by atoms with van der Waals surface area (Å²) in [5.74, 6) is 2.37. The number of amides is 1. The molecule has 0 radical (unpaired) electrons. The van der Waals surface area contributed by atoms with Crippen LogP contribution in [0.15, 0.2) is 30.5 Å². The number of nitrogens with one attached hydrogen (secondary N) is 1. The summed E-state index contributed by atoms with van der Waals surface area (Å²) in [5, 5.41) is 2.88. The first-order valence-corrected chi connectivity index (χ1v) is 10.0. The standard InChI is InChI=1S/C22H29N5O3/c1-26(2)21-17(15-23-22(25-21)27-12-6-5-7-13-27)24-20(28)11-9-16-8-10-18(29-3)19(14-16)30-4/h8-11,14-15H,5-7,12-13H2,1-4H3,(H,24,28)/b11-9+. The highest BCUT2D eigenvalue weighted by atomic mass is 16.5. The van der Waals surface area contributed by atoms with Crippen molar-refractivity contribution in [1.29, 1.82) is 0 Å². The van der Waals surface area contributed by atoms with Crippen LogP contribution < -0.4 is 24.6 Å². The minimum Gasteiger partial charge on any atom is -0.493 e. The smallest absolute Gasteiger partial charge is 0.248 e. The van der Waals surface area contributed by atoms with Gasteiger partial charge in [-0.2, -0.15) is 4.98 Å². The van der Waals surface area contributed by atoms with Crippen LogP contribution in [0.4, 0.5) is 17.5 Å². The topological polar surface area (TPSA) is 79.8 Å². The maximum Gasteiger partial charge on any atom is 0.248 e. The summed E-state index contributed by atoms with van der Waals surface area (Å²) in [4.78, 5) is 25.7. The number of carbonyl (C=O) groups excluding carboxylic acids is 1. The summed E-state index contributed by atoms with van der Waals surface area (Å²) in [6.45, 7) is 1.93. The van der Waals surface area contributed by atoms with E-state index in [0.717, 1.165) is 31.5 Å². The van der Waals surface area contributed by atoms with Gasteiger partial charge in [0.05, 0.1) is 20.4 Å². The van der Waals surface area contributed by atoms with Crippen LogP contribution in [0.1, 0.15) is 24.8 Å². The highest BCUT2D eigenvalue weighted by Crippen LogP contribution is 2.28.